The van der Waals surface area contributed by atoms with Crippen molar-refractivity contribution in [3.8, 4) is 0 Å². The Bertz CT molecular complexity index is 553. The second-order valence-electron chi connectivity index (χ2n) is 5.92. The van der Waals surface area contributed by atoms with Crippen LogP contribution in [0.2, 0.25) is 0 Å². The summed E-state index contributed by atoms with van der Waals surface area (Å²) in [6.45, 7) is 0.526. The predicted octanol–water partition coefficient (Wildman–Crippen LogP) is 2.43. The molecule has 0 spiro atoms. The number of piperidine rings is 1. The lowest BCUT2D eigenvalue weighted by atomic mass is 9.91. The normalized spacial score (nSPS) is 17.6. The molecule has 1 heterocycles. The number of carbonyl (C=O) groups is 1. The molecule has 1 aliphatic rings. The first-order chi connectivity index (χ1) is 11.2. The summed E-state index contributed by atoms with van der Waals surface area (Å²) in [7, 11) is 1.60. The molecule has 0 radical (unpaired) electrons. The van der Waals surface area contributed by atoms with Crippen LogP contribution in [0.1, 0.15) is 24.0 Å². The van der Waals surface area contributed by atoms with E-state index >= 15 is 0 Å². The Morgan fingerprint density at radius 3 is 2.29 bits per heavy atom. The molecule has 2 rings (SSSR count). The topological polar surface area (TPSA) is 61.8 Å². The standard InChI is InChI=1S/C16H21F3N2O3/c1-24-11-13-4-2-12(3-5-13)10-20-14(22)21-8-6-15(23,7-9-21)16(17,18)19/h2-5,23H,6-11H2,1H3,(H,20,22). The zero-order valence-corrected chi connectivity index (χ0v) is 13.4. The summed E-state index contributed by atoms with van der Waals surface area (Å²) in [6.07, 6.45) is -5.68. The maximum Gasteiger partial charge on any atom is 0.417 e. The fraction of sp³-hybridized carbons (Fsp3) is 0.562. The maximum absolute atomic E-state index is 12.7. The number of nitrogens with one attached hydrogen (secondary N) is 1. The summed E-state index contributed by atoms with van der Waals surface area (Å²) in [4.78, 5) is 13.3. The van der Waals surface area contributed by atoms with E-state index in [1.807, 2.05) is 24.3 Å². The zero-order chi connectivity index (χ0) is 17.8. The molecule has 5 nitrogen and oxygen atoms in total. The van der Waals surface area contributed by atoms with Gasteiger partial charge in [0.05, 0.1) is 6.61 Å². The summed E-state index contributed by atoms with van der Waals surface area (Å²) < 4.78 is 43.2. The summed E-state index contributed by atoms with van der Waals surface area (Å²) in [5.41, 5.74) is -0.803. The maximum atomic E-state index is 12.7. The summed E-state index contributed by atoms with van der Waals surface area (Å²) in [5.74, 6) is 0. The first kappa shape index (κ1) is 18.5. The molecule has 0 unspecified atom stereocenters. The number of benzene rings is 1. The molecule has 0 bridgehead atoms. The zero-order valence-electron chi connectivity index (χ0n) is 13.4. The van der Waals surface area contributed by atoms with Crippen molar-refractivity contribution in [3.05, 3.63) is 35.4 Å². The summed E-state index contributed by atoms with van der Waals surface area (Å²) in [6, 6.07) is 7.05. The van der Waals surface area contributed by atoms with Crippen LogP contribution in [0.5, 0.6) is 0 Å². The number of hydrogen-bond acceptors (Lipinski definition) is 3. The molecule has 1 aliphatic heterocycles. The van der Waals surface area contributed by atoms with E-state index in [9.17, 15) is 23.1 Å². The van der Waals surface area contributed by atoms with Crippen molar-refractivity contribution < 1.29 is 27.8 Å². The van der Waals surface area contributed by atoms with E-state index in [4.69, 9.17) is 4.74 Å². The van der Waals surface area contributed by atoms with Crippen molar-refractivity contribution in [2.24, 2.45) is 0 Å². The van der Waals surface area contributed by atoms with Crippen molar-refractivity contribution in [1.29, 1.82) is 0 Å². The second kappa shape index (κ2) is 7.40. The number of urea groups is 1. The van der Waals surface area contributed by atoms with Crippen molar-refractivity contribution in [1.82, 2.24) is 10.2 Å². The van der Waals surface area contributed by atoms with Gasteiger partial charge in [0.15, 0.2) is 5.60 Å². The third-order valence-electron chi connectivity index (χ3n) is 4.18. The SMILES string of the molecule is COCc1ccc(CNC(=O)N2CCC(O)(C(F)(F)F)CC2)cc1. The van der Waals surface area contributed by atoms with Gasteiger partial charge in [-0.2, -0.15) is 13.2 Å². The Balaban J connectivity index is 1.81. The van der Waals surface area contributed by atoms with E-state index in [0.29, 0.717) is 6.61 Å². The summed E-state index contributed by atoms with van der Waals surface area (Å²) >= 11 is 0. The number of ether oxygens (including phenoxy) is 1. The van der Waals surface area contributed by atoms with Gasteiger partial charge in [0.25, 0.3) is 0 Å². The minimum absolute atomic E-state index is 0.130. The van der Waals surface area contributed by atoms with Gasteiger partial charge in [0, 0.05) is 39.6 Å². The molecule has 1 aromatic carbocycles. The van der Waals surface area contributed by atoms with Crippen LogP contribution < -0.4 is 5.32 Å². The number of aliphatic hydroxyl groups is 1. The number of carbonyl (C=O) groups excluding carboxylic acids is 1. The van der Waals surface area contributed by atoms with E-state index < -0.39 is 30.7 Å². The Morgan fingerprint density at radius 2 is 1.79 bits per heavy atom. The lowest BCUT2D eigenvalue weighted by molar-refractivity contribution is -0.271. The van der Waals surface area contributed by atoms with Crippen molar-refractivity contribution in [2.75, 3.05) is 20.2 Å². The van der Waals surface area contributed by atoms with Crippen LogP contribution in [0.25, 0.3) is 0 Å². The predicted molar refractivity (Wildman–Crippen MR) is 81.2 cm³/mol. The van der Waals surface area contributed by atoms with Gasteiger partial charge in [-0.25, -0.2) is 4.79 Å². The third kappa shape index (κ3) is 4.39. The molecule has 1 aromatic rings. The van der Waals surface area contributed by atoms with Gasteiger partial charge in [-0.3, -0.25) is 0 Å². The largest absolute Gasteiger partial charge is 0.417 e. The number of likely N-dealkylation sites (tertiary alicyclic amines) is 1. The minimum Gasteiger partial charge on any atom is -0.380 e. The molecule has 0 aliphatic carbocycles. The highest BCUT2D eigenvalue weighted by molar-refractivity contribution is 5.74. The smallest absolute Gasteiger partial charge is 0.380 e. The van der Waals surface area contributed by atoms with Gasteiger partial charge in [-0.05, 0) is 11.1 Å². The van der Waals surface area contributed by atoms with Crippen molar-refractivity contribution >= 4 is 6.03 Å². The van der Waals surface area contributed by atoms with Crippen LogP contribution >= 0.6 is 0 Å². The molecule has 8 heteroatoms. The van der Waals surface area contributed by atoms with Crippen LogP contribution in [0.15, 0.2) is 24.3 Å². The van der Waals surface area contributed by atoms with Crippen LogP contribution in [0.4, 0.5) is 18.0 Å². The Labute approximate surface area is 138 Å². The molecule has 0 aromatic heterocycles. The van der Waals surface area contributed by atoms with Crippen molar-refractivity contribution in [2.45, 2.75) is 37.8 Å². The van der Waals surface area contributed by atoms with E-state index in [0.717, 1.165) is 11.1 Å². The number of methoxy groups -OCH3 is 1. The van der Waals surface area contributed by atoms with Crippen LogP contribution in [0, 0.1) is 0 Å². The first-order valence-corrected chi connectivity index (χ1v) is 7.64. The highest BCUT2D eigenvalue weighted by Crippen LogP contribution is 2.38. The average Bonchev–Trinajstić information content (AvgIpc) is 2.54. The number of hydrogen-bond donors (Lipinski definition) is 2. The number of nitrogens with zero attached hydrogens (tertiary/aromatic N) is 1. The molecule has 24 heavy (non-hydrogen) atoms. The molecule has 1 fully saturated rings. The van der Waals surface area contributed by atoms with Crippen LogP contribution in [-0.4, -0.2) is 48.0 Å². The average molecular weight is 346 g/mol. The monoisotopic (exact) mass is 346 g/mol. The van der Waals surface area contributed by atoms with Crippen LogP contribution in [-0.2, 0) is 17.9 Å². The van der Waals surface area contributed by atoms with E-state index in [2.05, 4.69) is 5.32 Å². The highest BCUT2D eigenvalue weighted by Gasteiger charge is 2.54. The van der Waals surface area contributed by atoms with Gasteiger partial charge in [-0.1, -0.05) is 24.3 Å². The lowest BCUT2D eigenvalue weighted by Crippen LogP contribution is -2.55. The third-order valence-corrected chi connectivity index (χ3v) is 4.18. The van der Waals surface area contributed by atoms with Gasteiger partial charge in [0.1, 0.15) is 0 Å². The van der Waals surface area contributed by atoms with Gasteiger partial charge in [0.2, 0.25) is 0 Å². The van der Waals surface area contributed by atoms with Crippen molar-refractivity contribution in [3.63, 3.8) is 0 Å². The summed E-state index contributed by atoms with van der Waals surface area (Å²) in [5, 5.41) is 12.3. The Kier molecular flexibility index (Phi) is 5.71. The number of amides is 2. The number of halogens is 3. The fourth-order valence-electron chi connectivity index (χ4n) is 2.57. The molecule has 2 amide bonds. The quantitative estimate of drug-likeness (QED) is 0.880. The highest BCUT2D eigenvalue weighted by atomic mass is 19.4. The Hall–Kier alpha value is -1.80. The lowest BCUT2D eigenvalue weighted by Gasteiger charge is -2.39. The molecule has 0 saturated carbocycles. The number of alkyl halides is 3. The number of rotatable bonds is 4. The molecule has 2 N–H and O–H groups in total. The van der Waals surface area contributed by atoms with Gasteiger partial charge >= 0.3 is 12.2 Å². The molecular formula is C16H21F3N2O3. The van der Waals surface area contributed by atoms with Gasteiger partial charge in [-0.15, -0.1) is 0 Å². The molecule has 1 saturated heterocycles. The van der Waals surface area contributed by atoms with Crippen LogP contribution in [0.3, 0.4) is 0 Å². The van der Waals surface area contributed by atoms with E-state index in [-0.39, 0.29) is 19.6 Å². The molecule has 134 valence electrons. The molecule has 0 atom stereocenters. The second-order valence-corrected chi connectivity index (χ2v) is 5.92. The molecular weight excluding hydrogens is 325 g/mol. The Morgan fingerprint density at radius 1 is 1.25 bits per heavy atom. The van der Waals surface area contributed by atoms with E-state index in [1.165, 1.54) is 4.90 Å². The van der Waals surface area contributed by atoms with Gasteiger partial charge < -0.3 is 20.1 Å². The first-order valence-electron chi connectivity index (χ1n) is 7.64. The minimum atomic E-state index is -4.67. The fourth-order valence-corrected chi connectivity index (χ4v) is 2.57. The van der Waals surface area contributed by atoms with E-state index in [1.54, 1.807) is 7.11 Å².